The zero-order valence-corrected chi connectivity index (χ0v) is 12.6. The van der Waals surface area contributed by atoms with Crippen molar-refractivity contribution >= 4 is 23.0 Å². The maximum Gasteiger partial charge on any atom is 0.147 e. The molecule has 0 amide bonds. The molecule has 0 spiro atoms. The zero-order chi connectivity index (χ0) is 15.5. The second-order valence-electron chi connectivity index (χ2n) is 5.09. The van der Waals surface area contributed by atoms with Gasteiger partial charge < -0.3 is 9.80 Å². The molecule has 1 aromatic heterocycles. The first-order valence-corrected chi connectivity index (χ1v) is 7.36. The van der Waals surface area contributed by atoms with E-state index in [1.165, 1.54) is 6.07 Å². The van der Waals surface area contributed by atoms with Gasteiger partial charge in [0.1, 0.15) is 11.0 Å². The zero-order valence-electron chi connectivity index (χ0n) is 11.8. The molecule has 22 heavy (non-hydrogen) atoms. The molecule has 1 aromatic carbocycles. The highest BCUT2D eigenvalue weighted by Gasteiger charge is 2.20. The monoisotopic (exact) mass is 316 g/mol. The van der Waals surface area contributed by atoms with Crippen molar-refractivity contribution in [3.05, 3.63) is 53.1 Å². The third kappa shape index (κ3) is 2.97. The summed E-state index contributed by atoms with van der Waals surface area (Å²) in [6.07, 6.45) is 1.68. The van der Waals surface area contributed by atoms with Crippen LogP contribution in [0.15, 0.2) is 36.5 Å². The molecule has 2 aromatic rings. The van der Waals surface area contributed by atoms with E-state index >= 15 is 0 Å². The molecular formula is C16H14ClFN4. The van der Waals surface area contributed by atoms with Crippen LogP contribution >= 0.6 is 11.6 Å². The Balaban J connectivity index is 1.71. The molecule has 0 saturated carbocycles. The van der Waals surface area contributed by atoms with Crippen molar-refractivity contribution in [1.82, 2.24) is 4.98 Å². The summed E-state index contributed by atoms with van der Waals surface area (Å²) in [6, 6.07) is 10.3. The number of nitrogens with zero attached hydrogens (tertiary/aromatic N) is 4. The predicted octanol–water partition coefficient (Wildman–Crippen LogP) is 3.07. The van der Waals surface area contributed by atoms with Gasteiger partial charge in [0.2, 0.25) is 0 Å². The number of halogens is 2. The highest BCUT2D eigenvalue weighted by molar-refractivity contribution is 6.29. The summed E-state index contributed by atoms with van der Waals surface area (Å²) in [4.78, 5) is 8.17. The molecule has 2 heterocycles. The summed E-state index contributed by atoms with van der Waals surface area (Å²) in [5.74, 6) is -0.348. The molecule has 0 aliphatic carbocycles. The number of benzene rings is 1. The van der Waals surface area contributed by atoms with Gasteiger partial charge >= 0.3 is 0 Å². The second kappa shape index (κ2) is 6.20. The fourth-order valence-electron chi connectivity index (χ4n) is 2.63. The van der Waals surface area contributed by atoms with Crippen molar-refractivity contribution < 1.29 is 4.39 Å². The molecule has 0 N–H and O–H groups in total. The van der Waals surface area contributed by atoms with Crippen molar-refractivity contribution in [2.75, 3.05) is 36.0 Å². The first kappa shape index (κ1) is 14.6. The second-order valence-corrected chi connectivity index (χ2v) is 5.48. The van der Waals surface area contributed by atoms with Crippen molar-refractivity contribution in [2.24, 2.45) is 0 Å². The van der Waals surface area contributed by atoms with Gasteiger partial charge in [-0.25, -0.2) is 9.37 Å². The number of piperazine rings is 1. The van der Waals surface area contributed by atoms with Crippen LogP contribution in [0.2, 0.25) is 5.15 Å². The molecule has 1 aliphatic rings. The number of rotatable bonds is 2. The van der Waals surface area contributed by atoms with E-state index in [1.54, 1.807) is 18.3 Å². The van der Waals surface area contributed by atoms with Crippen LogP contribution in [0.5, 0.6) is 0 Å². The van der Waals surface area contributed by atoms with Crippen LogP contribution in [0, 0.1) is 17.1 Å². The average Bonchev–Trinajstić information content (AvgIpc) is 2.55. The molecule has 0 radical (unpaired) electrons. The molecule has 112 valence electrons. The van der Waals surface area contributed by atoms with Crippen LogP contribution in [0.1, 0.15) is 5.56 Å². The van der Waals surface area contributed by atoms with E-state index in [0.29, 0.717) is 29.5 Å². The summed E-state index contributed by atoms with van der Waals surface area (Å²) in [5.41, 5.74) is 1.91. The fraction of sp³-hybridized carbons (Fsp3) is 0.250. The molecule has 1 fully saturated rings. The molecule has 0 bridgehead atoms. The van der Waals surface area contributed by atoms with E-state index in [2.05, 4.69) is 9.88 Å². The predicted molar refractivity (Wildman–Crippen MR) is 84.8 cm³/mol. The van der Waals surface area contributed by atoms with Gasteiger partial charge in [0, 0.05) is 38.1 Å². The maximum absolute atomic E-state index is 14.1. The van der Waals surface area contributed by atoms with Gasteiger partial charge in [-0.1, -0.05) is 11.6 Å². The Hall–Kier alpha value is -2.32. The van der Waals surface area contributed by atoms with Crippen LogP contribution in [0.4, 0.5) is 15.8 Å². The lowest BCUT2D eigenvalue weighted by atomic mass is 10.1. The lowest BCUT2D eigenvalue weighted by Crippen LogP contribution is -2.46. The molecule has 3 rings (SSSR count). The van der Waals surface area contributed by atoms with Crippen molar-refractivity contribution in [3.63, 3.8) is 0 Å². The van der Waals surface area contributed by atoms with Gasteiger partial charge in [0.15, 0.2) is 0 Å². The summed E-state index contributed by atoms with van der Waals surface area (Å²) < 4.78 is 14.1. The van der Waals surface area contributed by atoms with E-state index in [1.807, 2.05) is 23.1 Å². The standard InChI is InChI=1S/C16H14ClFN4/c17-16-10-13(3-4-20-16)21-5-7-22(8-6-21)15-2-1-12(11-19)9-14(15)18/h1-4,9-10H,5-8H2. The number of hydrogen-bond acceptors (Lipinski definition) is 4. The Morgan fingerprint density at radius 3 is 2.45 bits per heavy atom. The van der Waals surface area contributed by atoms with E-state index in [9.17, 15) is 4.39 Å². The van der Waals surface area contributed by atoms with Crippen LogP contribution in [0.3, 0.4) is 0 Å². The van der Waals surface area contributed by atoms with Crippen molar-refractivity contribution in [3.8, 4) is 6.07 Å². The van der Waals surface area contributed by atoms with Gasteiger partial charge in [-0.2, -0.15) is 5.26 Å². The van der Waals surface area contributed by atoms with E-state index in [-0.39, 0.29) is 5.82 Å². The molecule has 0 unspecified atom stereocenters. The topological polar surface area (TPSA) is 43.2 Å². The normalized spacial score (nSPS) is 14.8. The SMILES string of the molecule is N#Cc1ccc(N2CCN(c3ccnc(Cl)c3)CC2)c(F)c1. The Kier molecular flexibility index (Phi) is 4.12. The lowest BCUT2D eigenvalue weighted by molar-refractivity contribution is 0.597. The fourth-order valence-corrected chi connectivity index (χ4v) is 2.80. The molecule has 6 heteroatoms. The largest absolute Gasteiger partial charge is 0.368 e. The highest BCUT2D eigenvalue weighted by Crippen LogP contribution is 2.24. The minimum Gasteiger partial charge on any atom is -0.368 e. The number of anilines is 2. The van der Waals surface area contributed by atoms with Crippen LogP contribution in [-0.4, -0.2) is 31.2 Å². The maximum atomic E-state index is 14.1. The third-order valence-electron chi connectivity index (χ3n) is 3.77. The van der Waals surface area contributed by atoms with Crippen LogP contribution in [-0.2, 0) is 0 Å². The highest BCUT2D eigenvalue weighted by atomic mass is 35.5. The number of aromatic nitrogens is 1. The Morgan fingerprint density at radius 2 is 1.82 bits per heavy atom. The third-order valence-corrected chi connectivity index (χ3v) is 3.98. The Bertz CT molecular complexity index is 720. The smallest absolute Gasteiger partial charge is 0.147 e. The quantitative estimate of drug-likeness (QED) is 0.799. The van der Waals surface area contributed by atoms with Gasteiger partial charge in [-0.05, 0) is 30.3 Å². The van der Waals surface area contributed by atoms with Gasteiger partial charge in [-0.3, -0.25) is 0 Å². The minimum atomic E-state index is -0.348. The summed E-state index contributed by atoms with van der Waals surface area (Å²) in [6.45, 7) is 2.98. The number of nitriles is 1. The van der Waals surface area contributed by atoms with Crippen LogP contribution < -0.4 is 9.80 Å². The molecule has 0 atom stereocenters. The summed E-state index contributed by atoms with van der Waals surface area (Å²) in [5, 5.41) is 9.26. The van der Waals surface area contributed by atoms with Gasteiger partial charge in [-0.15, -0.1) is 0 Å². The van der Waals surface area contributed by atoms with Crippen LogP contribution in [0.25, 0.3) is 0 Å². The molecular weight excluding hydrogens is 303 g/mol. The molecule has 1 aliphatic heterocycles. The first-order valence-electron chi connectivity index (χ1n) is 6.98. The summed E-state index contributed by atoms with van der Waals surface area (Å²) >= 11 is 5.91. The Morgan fingerprint density at radius 1 is 1.09 bits per heavy atom. The first-order chi connectivity index (χ1) is 10.7. The minimum absolute atomic E-state index is 0.339. The van der Waals surface area contributed by atoms with Crippen molar-refractivity contribution in [2.45, 2.75) is 0 Å². The van der Waals surface area contributed by atoms with E-state index < -0.39 is 0 Å². The Labute approximate surface area is 133 Å². The van der Waals surface area contributed by atoms with Gasteiger partial charge in [0.25, 0.3) is 0 Å². The van der Waals surface area contributed by atoms with Crippen molar-refractivity contribution in [1.29, 1.82) is 5.26 Å². The average molecular weight is 317 g/mol. The number of pyridine rings is 1. The van der Waals surface area contributed by atoms with E-state index in [0.717, 1.165) is 18.8 Å². The van der Waals surface area contributed by atoms with Gasteiger partial charge in [0.05, 0.1) is 17.3 Å². The number of hydrogen-bond donors (Lipinski definition) is 0. The molecule has 4 nitrogen and oxygen atoms in total. The van der Waals surface area contributed by atoms with E-state index in [4.69, 9.17) is 16.9 Å². The molecule has 1 saturated heterocycles. The summed E-state index contributed by atoms with van der Waals surface area (Å²) in [7, 11) is 0. The lowest BCUT2D eigenvalue weighted by Gasteiger charge is -2.37.